The Labute approximate surface area is 138 Å². The summed E-state index contributed by atoms with van der Waals surface area (Å²) in [4.78, 5) is 40.2. The van der Waals surface area contributed by atoms with Gasteiger partial charge in [-0.1, -0.05) is 0 Å². The Balaban J connectivity index is 1.51. The molecular formula is C16H20N2O4S. The monoisotopic (exact) mass is 336 g/mol. The quantitative estimate of drug-likeness (QED) is 0.903. The van der Waals surface area contributed by atoms with Gasteiger partial charge < -0.3 is 14.9 Å². The maximum Gasteiger partial charge on any atom is 0.326 e. The number of hydrogen-bond donors (Lipinski definition) is 1. The van der Waals surface area contributed by atoms with Gasteiger partial charge in [-0.2, -0.15) is 0 Å². The Hall–Kier alpha value is -1.89. The van der Waals surface area contributed by atoms with Crippen molar-refractivity contribution in [1.82, 2.24) is 9.80 Å². The highest BCUT2D eigenvalue weighted by Crippen LogP contribution is 2.25. The molecule has 1 aromatic heterocycles. The first-order valence-corrected chi connectivity index (χ1v) is 8.79. The van der Waals surface area contributed by atoms with Crippen LogP contribution in [0.4, 0.5) is 0 Å². The smallest absolute Gasteiger partial charge is 0.326 e. The second kappa shape index (κ2) is 6.70. The highest BCUT2D eigenvalue weighted by atomic mass is 32.1. The van der Waals surface area contributed by atoms with Crippen molar-refractivity contribution in [1.29, 1.82) is 0 Å². The summed E-state index contributed by atoms with van der Waals surface area (Å²) in [5.41, 5.74) is 1.20. The van der Waals surface area contributed by atoms with Gasteiger partial charge in [0.1, 0.15) is 6.04 Å². The molecule has 7 heteroatoms. The van der Waals surface area contributed by atoms with Crippen molar-refractivity contribution in [3.05, 3.63) is 21.9 Å². The summed E-state index contributed by atoms with van der Waals surface area (Å²) >= 11 is 1.72. The number of likely N-dealkylation sites (tertiary alicyclic amines) is 1. The molecule has 0 aromatic carbocycles. The van der Waals surface area contributed by atoms with Crippen LogP contribution in [0.5, 0.6) is 0 Å². The van der Waals surface area contributed by atoms with Gasteiger partial charge in [-0.3, -0.25) is 9.59 Å². The highest BCUT2D eigenvalue weighted by Gasteiger charge is 2.34. The van der Waals surface area contributed by atoms with Crippen molar-refractivity contribution in [3.63, 3.8) is 0 Å². The summed E-state index contributed by atoms with van der Waals surface area (Å²) in [5.74, 6) is -1.21. The summed E-state index contributed by atoms with van der Waals surface area (Å²) in [6.45, 7) is 1.79. The number of carbonyl (C=O) groups is 3. The maximum atomic E-state index is 12.3. The van der Waals surface area contributed by atoms with Crippen LogP contribution in [0, 0.1) is 0 Å². The molecule has 0 aliphatic carbocycles. The van der Waals surface area contributed by atoms with E-state index in [1.165, 1.54) is 15.3 Å². The van der Waals surface area contributed by atoms with E-state index in [9.17, 15) is 14.4 Å². The van der Waals surface area contributed by atoms with E-state index in [1.54, 1.807) is 16.2 Å². The third kappa shape index (κ3) is 3.39. The van der Waals surface area contributed by atoms with Crippen LogP contribution in [0.2, 0.25) is 0 Å². The Bertz CT molecular complexity index is 627. The molecule has 1 N–H and O–H groups in total. The molecule has 0 unspecified atom stereocenters. The van der Waals surface area contributed by atoms with Crippen molar-refractivity contribution in [3.8, 4) is 0 Å². The molecule has 6 nitrogen and oxygen atoms in total. The number of carboxylic acids is 1. The van der Waals surface area contributed by atoms with Gasteiger partial charge in [-0.25, -0.2) is 4.79 Å². The summed E-state index contributed by atoms with van der Waals surface area (Å²) in [5, 5.41) is 11.2. The molecule has 0 radical (unpaired) electrons. The van der Waals surface area contributed by atoms with E-state index >= 15 is 0 Å². The van der Waals surface area contributed by atoms with E-state index in [2.05, 4.69) is 0 Å². The zero-order valence-corrected chi connectivity index (χ0v) is 13.7. The Morgan fingerprint density at radius 2 is 2.00 bits per heavy atom. The molecule has 1 fully saturated rings. The van der Waals surface area contributed by atoms with Crippen molar-refractivity contribution < 1.29 is 19.5 Å². The maximum absolute atomic E-state index is 12.3. The molecule has 124 valence electrons. The summed E-state index contributed by atoms with van der Waals surface area (Å²) in [7, 11) is 0. The van der Waals surface area contributed by atoms with Gasteiger partial charge in [0.25, 0.3) is 0 Å². The number of amides is 2. The number of hydrogen-bond acceptors (Lipinski definition) is 4. The standard InChI is InChI=1S/C16H20N2O4S/c19-14(17-8-5-13-11(10-17)6-9-23-13)3-4-15(20)18-7-1-2-12(18)16(21)22/h6,9,12H,1-5,7-8,10H2,(H,21,22)/t12-/m1/s1. The van der Waals surface area contributed by atoms with Crippen LogP contribution in [0.15, 0.2) is 11.4 Å². The van der Waals surface area contributed by atoms with E-state index in [-0.39, 0.29) is 24.7 Å². The zero-order chi connectivity index (χ0) is 16.4. The van der Waals surface area contributed by atoms with Crippen molar-refractivity contribution in [2.75, 3.05) is 13.1 Å². The Morgan fingerprint density at radius 3 is 2.78 bits per heavy atom. The first kappa shape index (κ1) is 16.0. The second-order valence-corrected chi connectivity index (χ2v) is 7.02. The molecule has 2 aliphatic heterocycles. The van der Waals surface area contributed by atoms with Crippen molar-refractivity contribution >= 4 is 29.1 Å². The molecule has 2 aliphatic rings. The molecule has 1 aromatic rings. The lowest BCUT2D eigenvalue weighted by molar-refractivity contribution is -0.148. The second-order valence-electron chi connectivity index (χ2n) is 6.02. The first-order chi connectivity index (χ1) is 11.1. The largest absolute Gasteiger partial charge is 0.480 e. The molecule has 3 rings (SSSR count). The molecular weight excluding hydrogens is 316 g/mol. The SMILES string of the molecule is O=C(O)[C@H]1CCCN1C(=O)CCC(=O)N1CCc2sccc2C1. The summed E-state index contributed by atoms with van der Waals surface area (Å²) < 4.78 is 0. The van der Waals surface area contributed by atoms with Gasteiger partial charge >= 0.3 is 5.97 Å². The van der Waals surface area contributed by atoms with Gasteiger partial charge in [-0.05, 0) is 36.3 Å². The minimum atomic E-state index is -0.955. The third-order valence-electron chi connectivity index (χ3n) is 4.57. The molecule has 1 atom stereocenters. The van der Waals surface area contributed by atoms with E-state index in [1.807, 2.05) is 11.4 Å². The first-order valence-electron chi connectivity index (χ1n) is 7.91. The third-order valence-corrected chi connectivity index (χ3v) is 5.59. The van der Waals surface area contributed by atoms with E-state index in [0.717, 1.165) is 6.42 Å². The Kier molecular flexibility index (Phi) is 4.66. The number of rotatable bonds is 4. The molecule has 1 saturated heterocycles. The lowest BCUT2D eigenvalue weighted by Gasteiger charge is -2.27. The van der Waals surface area contributed by atoms with Crippen LogP contribution < -0.4 is 0 Å². The number of fused-ring (bicyclic) bond motifs is 1. The van der Waals surface area contributed by atoms with Crippen LogP contribution in [0.25, 0.3) is 0 Å². The Morgan fingerprint density at radius 1 is 1.22 bits per heavy atom. The summed E-state index contributed by atoms with van der Waals surface area (Å²) in [6, 6.07) is 1.33. The van der Waals surface area contributed by atoms with Crippen LogP contribution in [0.1, 0.15) is 36.1 Å². The molecule has 2 amide bonds. The number of nitrogens with zero attached hydrogens (tertiary/aromatic N) is 2. The minimum Gasteiger partial charge on any atom is -0.480 e. The lowest BCUT2D eigenvalue weighted by Crippen LogP contribution is -2.41. The summed E-state index contributed by atoms with van der Waals surface area (Å²) in [6.07, 6.45) is 2.34. The fourth-order valence-corrected chi connectivity index (χ4v) is 4.19. The van der Waals surface area contributed by atoms with E-state index < -0.39 is 12.0 Å². The predicted molar refractivity (Wildman–Crippen MR) is 85.0 cm³/mol. The van der Waals surface area contributed by atoms with Crippen LogP contribution in [-0.2, 0) is 27.3 Å². The van der Waals surface area contributed by atoms with Crippen LogP contribution in [0.3, 0.4) is 0 Å². The van der Waals surface area contributed by atoms with E-state index in [4.69, 9.17) is 5.11 Å². The zero-order valence-electron chi connectivity index (χ0n) is 12.9. The topological polar surface area (TPSA) is 77.9 Å². The molecule has 3 heterocycles. The molecule has 23 heavy (non-hydrogen) atoms. The molecule has 0 spiro atoms. The highest BCUT2D eigenvalue weighted by molar-refractivity contribution is 7.10. The van der Waals surface area contributed by atoms with Crippen molar-refractivity contribution in [2.24, 2.45) is 0 Å². The fraction of sp³-hybridized carbons (Fsp3) is 0.562. The van der Waals surface area contributed by atoms with E-state index in [0.29, 0.717) is 32.5 Å². The lowest BCUT2D eigenvalue weighted by atomic mass is 10.1. The van der Waals surface area contributed by atoms with Crippen LogP contribution >= 0.6 is 11.3 Å². The minimum absolute atomic E-state index is 0.0266. The number of carbonyl (C=O) groups excluding carboxylic acids is 2. The molecule has 0 bridgehead atoms. The van der Waals surface area contributed by atoms with Gasteiger partial charge in [0.05, 0.1) is 0 Å². The average molecular weight is 336 g/mol. The number of aliphatic carboxylic acids is 1. The normalized spacial score (nSPS) is 20.4. The fourth-order valence-electron chi connectivity index (χ4n) is 3.30. The predicted octanol–water partition coefficient (Wildman–Crippen LogP) is 1.49. The average Bonchev–Trinajstić information content (AvgIpc) is 3.19. The molecule has 0 saturated carbocycles. The van der Waals surface area contributed by atoms with Gasteiger partial charge in [-0.15, -0.1) is 11.3 Å². The van der Waals surface area contributed by atoms with Crippen molar-refractivity contribution in [2.45, 2.75) is 44.7 Å². The number of carboxylic acid groups (broad SMARTS) is 1. The van der Waals surface area contributed by atoms with Gasteiger partial charge in [0.15, 0.2) is 0 Å². The van der Waals surface area contributed by atoms with Gasteiger partial charge in [0.2, 0.25) is 11.8 Å². The van der Waals surface area contributed by atoms with Gasteiger partial charge in [0, 0.05) is 37.4 Å². The van der Waals surface area contributed by atoms with Crippen LogP contribution in [-0.4, -0.2) is 51.8 Å². The number of thiophene rings is 1.